The molecule has 0 aliphatic rings. The first-order valence-electron chi connectivity index (χ1n) is 10.6. The third-order valence-corrected chi connectivity index (χ3v) is 6.74. The third-order valence-electron chi connectivity index (χ3n) is 4.97. The molecule has 3 heterocycles. The minimum Gasteiger partial charge on any atom is -0.480 e. The van der Waals surface area contributed by atoms with Gasteiger partial charge in [0.25, 0.3) is 0 Å². The summed E-state index contributed by atoms with van der Waals surface area (Å²) in [4.78, 5) is 19.2. The van der Waals surface area contributed by atoms with E-state index in [0.29, 0.717) is 22.9 Å². The minimum absolute atomic E-state index is 0. The number of benzene rings is 1. The van der Waals surface area contributed by atoms with Crippen molar-refractivity contribution in [2.75, 3.05) is 11.9 Å². The van der Waals surface area contributed by atoms with Crippen LogP contribution >= 0.6 is 12.4 Å². The standard InChI is InChI=1S/C24H22N6O4S.ClH/c31-24(32)15-26-23-10-4-8-19(27-23)16-30(35(33,34)21-9-5-13-25-14-21)17-20-11-12-22(29-28-20)18-6-2-1-3-7-18;/h1-14H,15-17H2,(H,26,27)(H,31,32);1H. The Balaban J connectivity index is 0.00000361. The number of hydrogen-bond donors (Lipinski definition) is 2. The van der Waals surface area contributed by atoms with E-state index in [2.05, 4.69) is 25.5 Å². The summed E-state index contributed by atoms with van der Waals surface area (Å²) in [5.41, 5.74) is 2.47. The van der Waals surface area contributed by atoms with Crippen molar-refractivity contribution in [3.05, 3.63) is 96.6 Å². The van der Waals surface area contributed by atoms with Crippen LogP contribution in [0.4, 0.5) is 5.82 Å². The fraction of sp³-hybridized carbons (Fsp3) is 0.125. The van der Waals surface area contributed by atoms with Crippen LogP contribution in [-0.2, 0) is 27.9 Å². The molecule has 1 aromatic carbocycles. The number of halogens is 1. The molecular weight excluding hydrogens is 504 g/mol. The summed E-state index contributed by atoms with van der Waals surface area (Å²) < 4.78 is 28.1. The summed E-state index contributed by atoms with van der Waals surface area (Å²) >= 11 is 0. The maximum atomic E-state index is 13.4. The summed E-state index contributed by atoms with van der Waals surface area (Å²) in [5, 5.41) is 20.1. The molecule has 3 aromatic heterocycles. The normalized spacial score (nSPS) is 11.0. The van der Waals surface area contributed by atoms with Crippen LogP contribution in [0.3, 0.4) is 0 Å². The smallest absolute Gasteiger partial charge is 0.322 e. The van der Waals surface area contributed by atoms with Gasteiger partial charge in [0, 0.05) is 18.0 Å². The lowest BCUT2D eigenvalue weighted by Gasteiger charge is -2.21. The maximum absolute atomic E-state index is 13.4. The first-order chi connectivity index (χ1) is 16.9. The first-order valence-corrected chi connectivity index (χ1v) is 12.1. The van der Waals surface area contributed by atoms with E-state index in [4.69, 9.17) is 5.11 Å². The van der Waals surface area contributed by atoms with Gasteiger partial charge in [0.2, 0.25) is 10.0 Å². The molecule has 186 valence electrons. The number of nitrogens with zero attached hydrogens (tertiary/aromatic N) is 5. The second-order valence-electron chi connectivity index (χ2n) is 7.50. The Morgan fingerprint density at radius 1 is 0.889 bits per heavy atom. The van der Waals surface area contributed by atoms with Gasteiger partial charge in [0.1, 0.15) is 17.3 Å². The number of carboxylic acid groups (broad SMARTS) is 1. The van der Waals surface area contributed by atoms with E-state index >= 15 is 0 Å². The zero-order valence-electron chi connectivity index (χ0n) is 18.9. The third kappa shape index (κ3) is 6.81. The van der Waals surface area contributed by atoms with Crippen LogP contribution in [0.5, 0.6) is 0 Å². The predicted octanol–water partition coefficient (Wildman–Crippen LogP) is 3.24. The summed E-state index contributed by atoms with van der Waals surface area (Å²) in [5.74, 6) is -0.703. The highest BCUT2D eigenvalue weighted by atomic mass is 35.5. The quantitative estimate of drug-likeness (QED) is 0.319. The zero-order valence-corrected chi connectivity index (χ0v) is 20.6. The van der Waals surface area contributed by atoms with Gasteiger partial charge in [-0.1, -0.05) is 36.4 Å². The number of aromatic nitrogens is 4. The van der Waals surface area contributed by atoms with Gasteiger partial charge < -0.3 is 10.4 Å². The molecule has 0 saturated heterocycles. The number of sulfonamides is 1. The van der Waals surface area contributed by atoms with Gasteiger partial charge in [-0.15, -0.1) is 12.4 Å². The number of rotatable bonds is 10. The fourth-order valence-electron chi connectivity index (χ4n) is 3.28. The van der Waals surface area contributed by atoms with Crippen molar-refractivity contribution in [3.8, 4) is 11.3 Å². The van der Waals surface area contributed by atoms with Crippen LogP contribution in [0.15, 0.2) is 90.1 Å². The van der Waals surface area contributed by atoms with Crippen LogP contribution in [0.25, 0.3) is 11.3 Å². The van der Waals surface area contributed by atoms with Crippen molar-refractivity contribution < 1.29 is 18.3 Å². The Kier molecular flexibility index (Phi) is 9.01. The second kappa shape index (κ2) is 12.2. The van der Waals surface area contributed by atoms with Crippen molar-refractivity contribution in [1.29, 1.82) is 0 Å². The Morgan fingerprint density at radius 2 is 1.67 bits per heavy atom. The van der Waals surface area contributed by atoms with Gasteiger partial charge in [0.15, 0.2) is 0 Å². The van der Waals surface area contributed by atoms with Crippen molar-refractivity contribution in [2.45, 2.75) is 18.0 Å². The molecule has 0 atom stereocenters. The van der Waals surface area contributed by atoms with Gasteiger partial charge in [-0.25, -0.2) is 13.4 Å². The molecule has 0 aliphatic heterocycles. The molecule has 0 amide bonds. The van der Waals surface area contributed by atoms with E-state index in [9.17, 15) is 13.2 Å². The highest BCUT2D eigenvalue weighted by Gasteiger charge is 2.26. The van der Waals surface area contributed by atoms with E-state index < -0.39 is 16.0 Å². The molecule has 12 heteroatoms. The molecule has 4 rings (SSSR count). The summed E-state index contributed by atoms with van der Waals surface area (Å²) in [6.07, 6.45) is 2.78. The van der Waals surface area contributed by atoms with Gasteiger partial charge in [0.05, 0.1) is 30.2 Å². The van der Waals surface area contributed by atoms with Crippen LogP contribution < -0.4 is 5.32 Å². The monoisotopic (exact) mass is 526 g/mol. The molecule has 0 unspecified atom stereocenters. The van der Waals surface area contributed by atoms with Gasteiger partial charge in [-0.2, -0.15) is 14.5 Å². The summed E-state index contributed by atoms with van der Waals surface area (Å²) in [7, 11) is -3.95. The predicted molar refractivity (Wildman–Crippen MR) is 136 cm³/mol. The summed E-state index contributed by atoms with van der Waals surface area (Å²) in [6, 6.07) is 21.1. The number of nitrogens with one attached hydrogen (secondary N) is 1. The van der Waals surface area contributed by atoms with E-state index in [1.54, 1.807) is 36.4 Å². The zero-order chi connectivity index (χ0) is 24.7. The number of aliphatic carboxylic acids is 1. The topological polar surface area (TPSA) is 138 Å². The van der Waals surface area contributed by atoms with Gasteiger partial charge in [-0.3, -0.25) is 9.78 Å². The Bertz CT molecular complexity index is 1390. The molecule has 0 spiro atoms. The van der Waals surface area contributed by atoms with E-state index in [1.165, 1.54) is 22.8 Å². The molecule has 2 N–H and O–H groups in total. The SMILES string of the molecule is Cl.O=C(O)CNc1cccc(CN(Cc2ccc(-c3ccccc3)nn2)S(=O)(=O)c2cccnc2)n1. The lowest BCUT2D eigenvalue weighted by atomic mass is 10.1. The van der Waals surface area contributed by atoms with Gasteiger partial charge in [-0.05, 0) is 36.4 Å². The molecule has 10 nitrogen and oxygen atoms in total. The average molecular weight is 527 g/mol. The van der Waals surface area contributed by atoms with E-state index in [0.717, 1.165) is 5.56 Å². The van der Waals surface area contributed by atoms with Crippen molar-refractivity contribution in [1.82, 2.24) is 24.5 Å². The minimum atomic E-state index is -3.95. The van der Waals surface area contributed by atoms with Crippen molar-refractivity contribution in [2.24, 2.45) is 0 Å². The number of anilines is 1. The first kappa shape index (κ1) is 26.7. The molecule has 0 bridgehead atoms. The number of carboxylic acids is 1. The van der Waals surface area contributed by atoms with Crippen LogP contribution in [-0.4, -0.2) is 50.5 Å². The molecule has 0 saturated carbocycles. The molecular formula is C24H23ClN6O4S. The lowest BCUT2D eigenvalue weighted by molar-refractivity contribution is -0.134. The van der Waals surface area contributed by atoms with Crippen LogP contribution in [0.1, 0.15) is 11.4 Å². The van der Waals surface area contributed by atoms with E-state index in [1.807, 2.05) is 30.3 Å². The number of pyridine rings is 2. The lowest BCUT2D eigenvalue weighted by Crippen LogP contribution is -2.31. The molecule has 4 aromatic rings. The number of hydrogen-bond acceptors (Lipinski definition) is 8. The van der Waals surface area contributed by atoms with Crippen LogP contribution in [0, 0.1) is 0 Å². The Hall–Kier alpha value is -3.93. The second-order valence-corrected chi connectivity index (χ2v) is 9.44. The fourth-order valence-corrected chi connectivity index (χ4v) is 4.62. The maximum Gasteiger partial charge on any atom is 0.322 e. The summed E-state index contributed by atoms with van der Waals surface area (Å²) in [6.45, 7) is -0.423. The highest BCUT2D eigenvalue weighted by Crippen LogP contribution is 2.21. The molecule has 0 fully saturated rings. The highest BCUT2D eigenvalue weighted by molar-refractivity contribution is 7.89. The number of carbonyl (C=O) groups is 1. The average Bonchev–Trinajstić information content (AvgIpc) is 2.89. The van der Waals surface area contributed by atoms with Crippen molar-refractivity contribution >= 4 is 34.2 Å². The molecule has 0 aliphatic carbocycles. The van der Waals surface area contributed by atoms with Gasteiger partial charge >= 0.3 is 5.97 Å². The Morgan fingerprint density at radius 3 is 2.33 bits per heavy atom. The largest absolute Gasteiger partial charge is 0.480 e. The molecule has 0 radical (unpaired) electrons. The molecule has 36 heavy (non-hydrogen) atoms. The van der Waals surface area contributed by atoms with Crippen LogP contribution in [0.2, 0.25) is 0 Å². The van der Waals surface area contributed by atoms with E-state index in [-0.39, 0.29) is 36.9 Å². The van der Waals surface area contributed by atoms with Crippen molar-refractivity contribution in [3.63, 3.8) is 0 Å². The Labute approximate surface area is 214 Å².